The van der Waals surface area contributed by atoms with Gasteiger partial charge in [-0.05, 0) is 36.5 Å². The lowest BCUT2D eigenvalue weighted by atomic mass is 9.94. The van der Waals surface area contributed by atoms with Gasteiger partial charge in [0.15, 0.2) is 5.82 Å². The SMILES string of the molecule is O=C(O)C(c1cc(Cl)c(F)c(Cl)c1)C1CC1. The van der Waals surface area contributed by atoms with Gasteiger partial charge < -0.3 is 5.11 Å². The van der Waals surface area contributed by atoms with Gasteiger partial charge >= 0.3 is 5.97 Å². The molecule has 5 heteroatoms. The average Bonchev–Trinajstić information content (AvgIpc) is 2.98. The Morgan fingerprint density at radius 3 is 2.25 bits per heavy atom. The molecule has 1 saturated carbocycles. The summed E-state index contributed by atoms with van der Waals surface area (Å²) in [7, 11) is 0. The second-order valence-electron chi connectivity index (χ2n) is 3.95. The molecule has 1 atom stereocenters. The number of hydrogen-bond acceptors (Lipinski definition) is 1. The lowest BCUT2D eigenvalue weighted by Gasteiger charge is -2.12. The maximum absolute atomic E-state index is 13.2. The van der Waals surface area contributed by atoms with Crippen molar-refractivity contribution in [2.45, 2.75) is 18.8 Å². The van der Waals surface area contributed by atoms with Crippen molar-refractivity contribution in [1.82, 2.24) is 0 Å². The fourth-order valence-corrected chi connectivity index (χ4v) is 2.30. The number of aliphatic carboxylic acids is 1. The molecule has 1 aliphatic carbocycles. The molecule has 1 aliphatic rings. The smallest absolute Gasteiger partial charge is 0.311 e. The van der Waals surface area contributed by atoms with Gasteiger partial charge in [-0.2, -0.15) is 0 Å². The summed E-state index contributed by atoms with van der Waals surface area (Å²) in [5.41, 5.74) is 0.478. The molecule has 2 nitrogen and oxygen atoms in total. The second-order valence-corrected chi connectivity index (χ2v) is 4.77. The highest BCUT2D eigenvalue weighted by atomic mass is 35.5. The largest absolute Gasteiger partial charge is 0.481 e. The minimum absolute atomic E-state index is 0.120. The molecule has 0 aromatic heterocycles. The van der Waals surface area contributed by atoms with Gasteiger partial charge in [0.1, 0.15) is 0 Å². The van der Waals surface area contributed by atoms with E-state index in [2.05, 4.69) is 0 Å². The van der Waals surface area contributed by atoms with Crippen LogP contribution in [0.2, 0.25) is 10.0 Å². The van der Waals surface area contributed by atoms with E-state index in [1.165, 1.54) is 12.1 Å². The van der Waals surface area contributed by atoms with Crippen LogP contribution >= 0.6 is 23.2 Å². The third kappa shape index (κ3) is 2.15. The molecule has 1 N–H and O–H groups in total. The predicted octanol–water partition coefficient (Wildman–Crippen LogP) is 3.71. The van der Waals surface area contributed by atoms with Crippen molar-refractivity contribution in [2.24, 2.45) is 5.92 Å². The van der Waals surface area contributed by atoms with Crippen molar-refractivity contribution in [1.29, 1.82) is 0 Å². The van der Waals surface area contributed by atoms with Crippen molar-refractivity contribution in [3.63, 3.8) is 0 Å². The van der Waals surface area contributed by atoms with Crippen LogP contribution in [-0.4, -0.2) is 11.1 Å². The monoisotopic (exact) mass is 262 g/mol. The van der Waals surface area contributed by atoms with Crippen molar-refractivity contribution in [3.8, 4) is 0 Å². The average molecular weight is 263 g/mol. The first-order chi connectivity index (χ1) is 7.50. The third-order valence-electron chi connectivity index (χ3n) is 2.72. The first kappa shape index (κ1) is 11.7. The van der Waals surface area contributed by atoms with Crippen molar-refractivity contribution < 1.29 is 14.3 Å². The number of halogens is 3. The predicted molar refractivity (Wildman–Crippen MR) is 59.5 cm³/mol. The summed E-state index contributed by atoms with van der Waals surface area (Å²) in [4.78, 5) is 11.1. The van der Waals surface area contributed by atoms with E-state index in [0.29, 0.717) is 5.56 Å². The summed E-state index contributed by atoms with van der Waals surface area (Å²) >= 11 is 11.3. The number of rotatable bonds is 3. The summed E-state index contributed by atoms with van der Waals surface area (Å²) < 4.78 is 13.2. The summed E-state index contributed by atoms with van der Waals surface area (Å²) in [6, 6.07) is 2.69. The molecule has 1 unspecified atom stereocenters. The molecule has 0 aliphatic heterocycles. The van der Waals surface area contributed by atoms with E-state index in [4.69, 9.17) is 28.3 Å². The maximum Gasteiger partial charge on any atom is 0.311 e. The summed E-state index contributed by atoms with van der Waals surface area (Å²) in [6.45, 7) is 0. The van der Waals surface area contributed by atoms with E-state index < -0.39 is 17.7 Å². The molecule has 0 bridgehead atoms. The van der Waals surface area contributed by atoms with Crippen LogP contribution in [0.4, 0.5) is 4.39 Å². The molecule has 0 radical (unpaired) electrons. The first-order valence-corrected chi connectivity index (χ1v) is 5.63. The van der Waals surface area contributed by atoms with Gasteiger partial charge in [-0.1, -0.05) is 23.2 Å². The molecule has 1 aromatic carbocycles. The van der Waals surface area contributed by atoms with E-state index in [0.717, 1.165) is 12.8 Å². The van der Waals surface area contributed by atoms with Gasteiger partial charge in [-0.25, -0.2) is 4.39 Å². The zero-order chi connectivity index (χ0) is 11.9. The summed E-state index contributed by atoms with van der Waals surface area (Å²) in [5.74, 6) is -2.13. The summed E-state index contributed by atoms with van der Waals surface area (Å²) in [6.07, 6.45) is 1.76. The highest BCUT2D eigenvalue weighted by Gasteiger charge is 2.37. The Hall–Kier alpha value is -0.800. The molecular weight excluding hydrogens is 254 g/mol. The highest BCUT2D eigenvalue weighted by Crippen LogP contribution is 2.44. The normalized spacial score (nSPS) is 17.2. The van der Waals surface area contributed by atoms with Gasteiger partial charge in [0.2, 0.25) is 0 Å². The molecule has 86 valence electrons. The van der Waals surface area contributed by atoms with Crippen molar-refractivity contribution in [3.05, 3.63) is 33.6 Å². The lowest BCUT2D eigenvalue weighted by molar-refractivity contribution is -0.139. The molecule has 0 amide bonds. The standard InChI is InChI=1S/C11H9Cl2FO2/c12-7-3-6(4-8(13)10(7)14)9(11(15)16)5-1-2-5/h3-5,9H,1-2H2,(H,15,16). The number of hydrogen-bond donors (Lipinski definition) is 1. The Morgan fingerprint density at radius 1 is 1.38 bits per heavy atom. The van der Waals surface area contributed by atoms with Crippen molar-refractivity contribution >= 4 is 29.2 Å². The number of carboxylic acids is 1. The Labute approximate surface area is 102 Å². The minimum atomic E-state index is -0.916. The zero-order valence-corrected chi connectivity index (χ0v) is 9.72. The van der Waals surface area contributed by atoms with Gasteiger partial charge in [-0.3, -0.25) is 4.79 Å². The maximum atomic E-state index is 13.2. The van der Waals surface area contributed by atoms with E-state index in [1.807, 2.05) is 0 Å². The van der Waals surface area contributed by atoms with E-state index in [1.54, 1.807) is 0 Å². The molecule has 1 fully saturated rings. The summed E-state index contributed by atoms with van der Waals surface area (Å²) in [5, 5.41) is 8.85. The highest BCUT2D eigenvalue weighted by molar-refractivity contribution is 6.35. The first-order valence-electron chi connectivity index (χ1n) is 4.88. The van der Waals surface area contributed by atoms with Gasteiger partial charge in [0.05, 0.1) is 16.0 Å². The minimum Gasteiger partial charge on any atom is -0.481 e. The molecule has 0 saturated heterocycles. The Balaban J connectivity index is 2.41. The third-order valence-corrected chi connectivity index (χ3v) is 3.27. The van der Waals surface area contributed by atoms with Gasteiger partial charge in [-0.15, -0.1) is 0 Å². The Kier molecular flexibility index (Phi) is 3.08. The van der Waals surface area contributed by atoms with E-state index >= 15 is 0 Å². The van der Waals surface area contributed by atoms with Crippen LogP contribution in [0.25, 0.3) is 0 Å². The van der Waals surface area contributed by atoms with Crippen LogP contribution in [-0.2, 0) is 4.79 Å². The van der Waals surface area contributed by atoms with Crippen LogP contribution < -0.4 is 0 Å². The Bertz CT molecular complexity index is 421. The van der Waals surface area contributed by atoms with E-state index in [9.17, 15) is 9.18 Å². The fourth-order valence-electron chi connectivity index (χ4n) is 1.80. The van der Waals surface area contributed by atoms with Crippen LogP contribution in [0.5, 0.6) is 0 Å². The molecule has 2 rings (SSSR count). The fraction of sp³-hybridized carbons (Fsp3) is 0.364. The zero-order valence-electron chi connectivity index (χ0n) is 8.21. The van der Waals surface area contributed by atoms with Crippen molar-refractivity contribution in [2.75, 3.05) is 0 Å². The molecule has 16 heavy (non-hydrogen) atoms. The molecule has 0 spiro atoms. The second kappa shape index (κ2) is 4.22. The van der Waals surface area contributed by atoms with Crippen LogP contribution in [0.1, 0.15) is 24.3 Å². The Morgan fingerprint density at radius 2 is 1.88 bits per heavy atom. The van der Waals surface area contributed by atoms with Gasteiger partial charge in [0.25, 0.3) is 0 Å². The number of benzene rings is 1. The van der Waals surface area contributed by atoms with Crippen LogP contribution in [0.3, 0.4) is 0 Å². The molecule has 0 heterocycles. The lowest BCUT2D eigenvalue weighted by Crippen LogP contribution is -2.13. The molecule has 1 aromatic rings. The number of carboxylic acid groups (broad SMARTS) is 1. The quantitative estimate of drug-likeness (QED) is 0.844. The van der Waals surface area contributed by atoms with Crippen LogP contribution in [0.15, 0.2) is 12.1 Å². The van der Waals surface area contributed by atoms with Gasteiger partial charge in [0, 0.05) is 0 Å². The van der Waals surface area contributed by atoms with E-state index in [-0.39, 0.29) is 16.0 Å². The van der Waals surface area contributed by atoms with Crippen LogP contribution in [0, 0.1) is 11.7 Å². The topological polar surface area (TPSA) is 37.3 Å². The molecular formula is C11H9Cl2FO2. The number of carbonyl (C=O) groups is 1.